The van der Waals surface area contributed by atoms with Gasteiger partial charge in [0.25, 0.3) is 0 Å². The normalized spacial score (nSPS) is 18.5. The van der Waals surface area contributed by atoms with Crippen molar-refractivity contribution in [3.8, 4) is 0 Å². The molecule has 0 aromatic heterocycles. The van der Waals surface area contributed by atoms with Crippen LogP contribution in [-0.4, -0.2) is 24.8 Å². The minimum absolute atomic E-state index is 0. The monoisotopic (exact) mass is 696 g/mol. The number of hydrogen-bond acceptors (Lipinski definition) is 2. The van der Waals surface area contributed by atoms with Crippen molar-refractivity contribution >= 4 is 37.4 Å². The third kappa shape index (κ3) is 36.0. The summed E-state index contributed by atoms with van der Waals surface area (Å²) in [6, 6.07) is 1.75. The van der Waals surface area contributed by atoms with Crippen LogP contribution >= 0.6 is 22.2 Å². The summed E-state index contributed by atoms with van der Waals surface area (Å²) in [5.74, 6) is 1.74. The Morgan fingerprint density at radius 1 is 0.500 bits per heavy atom. The maximum Gasteiger partial charge on any atom is 2.00 e. The SMILES string of the molecule is C1CCCC1.C1CCCC1.C[Si](Cl)(Cl)CCC1CCCC1.C[Si](O)(O)CCC1CCCC1.[CH3-].[CH3-].[CH3-].[CH3-].[Fe+2].[Fe+2]. The van der Waals surface area contributed by atoms with Crippen molar-refractivity contribution in [3.05, 3.63) is 29.7 Å². The van der Waals surface area contributed by atoms with E-state index in [0.717, 1.165) is 24.3 Å². The van der Waals surface area contributed by atoms with Crippen LogP contribution in [0.4, 0.5) is 0 Å². The van der Waals surface area contributed by atoms with E-state index < -0.39 is 15.3 Å². The van der Waals surface area contributed by atoms with Crippen LogP contribution in [0.25, 0.3) is 0 Å². The first-order valence-electron chi connectivity index (χ1n) is 14.0. The Kier molecular flexibility index (Phi) is 44.2. The molecule has 4 fully saturated rings. The first-order valence-corrected chi connectivity index (χ1v) is 21.3. The number of hydrogen-bond donors (Lipinski definition) is 2. The number of halogens is 2. The Morgan fingerprint density at radius 3 is 0.947 bits per heavy atom. The van der Waals surface area contributed by atoms with Gasteiger partial charge in [0.15, 0.2) is 0 Å². The van der Waals surface area contributed by atoms with Gasteiger partial charge >= 0.3 is 42.7 Å². The molecule has 0 radical (unpaired) electrons. The molecule has 0 heterocycles. The molecule has 236 valence electrons. The molecule has 0 bridgehead atoms. The molecule has 0 saturated heterocycles. The molecule has 4 aliphatic carbocycles. The molecule has 0 aromatic carbocycles. The van der Waals surface area contributed by atoms with Crippen molar-refractivity contribution in [2.75, 3.05) is 0 Å². The van der Waals surface area contributed by atoms with E-state index in [9.17, 15) is 9.59 Å². The predicted octanol–water partition coefficient (Wildman–Crippen LogP) is 11.4. The summed E-state index contributed by atoms with van der Waals surface area (Å²) >= 11 is 12.0. The zero-order chi connectivity index (χ0) is 23.7. The summed E-state index contributed by atoms with van der Waals surface area (Å²) in [6.45, 7) is 1.84. The van der Waals surface area contributed by atoms with Crippen molar-refractivity contribution in [1.29, 1.82) is 0 Å². The first kappa shape index (κ1) is 52.6. The second kappa shape index (κ2) is 31.9. The van der Waals surface area contributed by atoms with Crippen LogP contribution in [0, 0.1) is 41.5 Å². The minimum Gasteiger partial charge on any atom is -0.411 e. The van der Waals surface area contributed by atoms with Gasteiger partial charge in [-0.15, -0.1) is 22.2 Å². The first-order chi connectivity index (χ1) is 15.2. The molecular formula is C30H66Cl2Fe2O2Si2. The van der Waals surface area contributed by atoms with E-state index in [2.05, 4.69) is 0 Å². The van der Waals surface area contributed by atoms with Gasteiger partial charge < -0.3 is 39.3 Å². The van der Waals surface area contributed by atoms with Gasteiger partial charge in [-0.2, -0.15) is 0 Å². The maximum atomic E-state index is 9.17. The Hall–Kier alpha value is 1.97. The Balaban J connectivity index is -0.0000000894. The van der Waals surface area contributed by atoms with Crippen LogP contribution in [0.1, 0.15) is 128 Å². The van der Waals surface area contributed by atoms with E-state index >= 15 is 0 Å². The van der Waals surface area contributed by atoms with Gasteiger partial charge in [-0.3, -0.25) is 0 Å². The average molecular weight is 698 g/mol. The zero-order valence-electron chi connectivity index (χ0n) is 26.1. The third-order valence-electron chi connectivity index (χ3n) is 7.47. The molecule has 0 unspecified atom stereocenters. The van der Waals surface area contributed by atoms with Gasteiger partial charge in [-0.1, -0.05) is 122 Å². The molecule has 0 atom stereocenters. The van der Waals surface area contributed by atoms with Gasteiger partial charge in [0, 0.05) is 0 Å². The minimum atomic E-state index is -2.72. The summed E-state index contributed by atoms with van der Waals surface area (Å²) in [5, 5.41) is 0. The van der Waals surface area contributed by atoms with Gasteiger partial charge in [0.1, 0.15) is 0 Å². The maximum absolute atomic E-state index is 9.17. The molecule has 8 heteroatoms. The molecule has 2 N–H and O–H groups in total. The van der Waals surface area contributed by atoms with Crippen molar-refractivity contribution in [2.45, 2.75) is 154 Å². The summed E-state index contributed by atoms with van der Waals surface area (Å²) < 4.78 is 0. The Bertz CT molecular complexity index is 376. The second-order valence-corrected chi connectivity index (χ2v) is 22.4. The number of rotatable bonds is 6. The van der Waals surface area contributed by atoms with Crippen LogP contribution in [0.3, 0.4) is 0 Å². The van der Waals surface area contributed by atoms with Gasteiger partial charge in [-0.05, 0) is 43.4 Å². The van der Waals surface area contributed by atoms with Crippen LogP contribution in [0.5, 0.6) is 0 Å². The molecule has 0 amide bonds. The van der Waals surface area contributed by atoms with Crippen LogP contribution < -0.4 is 0 Å². The quantitative estimate of drug-likeness (QED) is 0.165. The summed E-state index contributed by atoms with van der Waals surface area (Å²) in [4.78, 5) is 18.3. The van der Waals surface area contributed by atoms with Crippen molar-refractivity contribution in [2.24, 2.45) is 11.8 Å². The van der Waals surface area contributed by atoms with Crippen LogP contribution in [0.15, 0.2) is 0 Å². The molecule has 0 spiro atoms. The standard InChI is InChI=1S/C8H16Cl2Si.C8H18O2Si.2C5H10.4CH3.2Fe/c2*1-11(9,10)7-6-8-4-2-3-5-8;2*1-2-4-5-3-1;;;;;;/h8H,2-7H2,1H3;8-10H,2-7H2,1H3;2*1-5H2;4*1H3;;/q;;;;4*-1;2*+2. The largest absolute Gasteiger partial charge is 2.00 e. The summed E-state index contributed by atoms with van der Waals surface area (Å²) in [7, 11) is -2.72. The fourth-order valence-electron chi connectivity index (χ4n) is 5.30. The second-order valence-electron chi connectivity index (χ2n) is 11.2. The summed E-state index contributed by atoms with van der Waals surface area (Å²) in [6.07, 6.45) is 28.3. The van der Waals surface area contributed by atoms with Crippen molar-refractivity contribution in [3.63, 3.8) is 0 Å². The van der Waals surface area contributed by atoms with E-state index in [1.807, 2.05) is 6.55 Å². The van der Waals surface area contributed by atoms with E-state index in [1.165, 1.54) is 122 Å². The van der Waals surface area contributed by atoms with Gasteiger partial charge in [-0.25, -0.2) is 0 Å². The summed E-state index contributed by atoms with van der Waals surface area (Å²) in [5.41, 5.74) is 0. The molecule has 38 heavy (non-hydrogen) atoms. The Labute approximate surface area is 274 Å². The molecule has 0 aromatic rings. The van der Waals surface area contributed by atoms with E-state index in [0.29, 0.717) is 6.04 Å². The van der Waals surface area contributed by atoms with E-state index in [4.69, 9.17) is 22.2 Å². The fraction of sp³-hybridized carbons (Fsp3) is 0.867. The molecular weight excluding hydrogens is 631 g/mol. The fourth-order valence-corrected chi connectivity index (χ4v) is 7.83. The molecule has 4 aliphatic rings. The van der Waals surface area contributed by atoms with Gasteiger partial charge in [0.05, 0.1) is 0 Å². The zero-order valence-corrected chi connectivity index (χ0v) is 31.8. The topological polar surface area (TPSA) is 40.5 Å². The third-order valence-corrected chi connectivity index (χ3v) is 11.0. The Morgan fingerprint density at radius 2 is 0.737 bits per heavy atom. The molecule has 4 rings (SSSR count). The molecule has 0 aliphatic heterocycles. The van der Waals surface area contributed by atoms with Crippen LogP contribution in [-0.2, 0) is 34.1 Å². The van der Waals surface area contributed by atoms with Gasteiger partial charge in [0.2, 0.25) is 6.69 Å². The molecule has 4 saturated carbocycles. The van der Waals surface area contributed by atoms with Crippen LogP contribution in [0.2, 0.25) is 25.2 Å². The van der Waals surface area contributed by atoms with Crippen molar-refractivity contribution in [1.82, 2.24) is 0 Å². The smallest absolute Gasteiger partial charge is 0.411 e. The van der Waals surface area contributed by atoms with E-state index in [1.54, 1.807) is 6.55 Å². The predicted molar refractivity (Wildman–Crippen MR) is 174 cm³/mol. The molecule has 2 nitrogen and oxygen atoms in total. The van der Waals surface area contributed by atoms with Crippen molar-refractivity contribution < 1.29 is 43.7 Å². The van der Waals surface area contributed by atoms with E-state index in [-0.39, 0.29) is 63.8 Å². The average Bonchev–Trinajstić information content (AvgIpc) is 3.55.